The van der Waals surface area contributed by atoms with Crippen molar-refractivity contribution in [3.05, 3.63) is 28.8 Å². The molecule has 1 aliphatic heterocycles. The lowest BCUT2D eigenvalue weighted by molar-refractivity contribution is 0.0102. The van der Waals surface area contributed by atoms with E-state index in [2.05, 4.69) is 15.9 Å². The lowest BCUT2D eigenvalue weighted by Gasteiger charge is -2.23. The van der Waals surface area contributed by atoms with Gasteiger partial charge in [-0.05, 0) is 49.8 Å². The molecule has 1 aromatic rings. The summed E-state index contributed by atoms with van der Waals surface area (Å²) >= 11 is 10.0. The van der Waals surface area contributed by atoms with Gasteiger partial charge >= 0.3 is 0 Å². The van der Waals surface area contributed by atoms with Crippen LogP contribution in [0.2, 0.25) is 5.02 Å². The molecule has 19 heavy (non-hydrogen) atoms. The molecule has 0 aromatic heterocycles. The summed E-state index contributed by atoms with van der Waals surface area (Å²) < 4.78 is 10.9. The Morgan fingerprint density at radius 3 is 2.95 bits per heavy atom. The van der Waals surface area contributed by atoms with Crippen molar-refractivity contribution in [2.45, 2.75) is 43.0 Å². The molecule has 106 valence electrons. The number of methoxy groups -OCH3 is 1. The smallest absolute Gasteiger partial charge is 0.120 e. The van der Waals surface area contributed by atoms with Gasteiger partial charge in [0, 0.05) is 16.5 Å². The number of hydrogen-bond acceptors (Lipinski definition) is 2. The monoisotopic (exact) mass is 346 g/mol. The van der Waals surface area contributed by atoms with Gasteiger partial charge in [0.05, 0.1) is 13.2 Å². The first-order chi connectivity index (χ1) is 9.20. The summed E-state index contributed by atoms with van der Waals surface area (Å²) in [4.78, 5) is 0.274. The van der Waals surface area contributed by atoms with Crippen LogP contribution in [0.15, 0.2) is 18.2 Å². The lowest BCUT2D eigenvalue weighted by Crippen LogP contribution is -2.19. The number of benzene rings is 1. The predicted octanol–water partition coefficient (Wildman–Crippen LogP) is 5.13. The second-order valence-corrected chi connectivity index (χ2v) is 6.43. The molecule has 1 heterocycles. The third kappa shape index (κ3) is 4.37. The molecule has 0 N–H and O–H groups in total. The van der Waals surface area contributed by atoms with E-state index in [-0.39, 0.29) is 4.83 Å². The van der Waals surface area contributed by atoms with Crippen LogP contribution < -0.4 is 4.74 Å². The molecule has 0 aliphatic carbocycles. The quantitative estimate of drug-likeness (QED) is 0.687. The van der Waals surface area contributed by atoms with Gasteiger partial charge in [-0.2, -0.15) is 0 Å². The zero-order valence-electron chi connectivity index (χ0n) is 11.2. The maximum Gasteiger partial charge on any atom is 0.120 e. The van der Waals surface area contributed by atoms with Crippen molar-refractivity contribution >= 4 is 27.5 Å². The van der Waals surface area contributed by atoms with Gasteiger partial charge in [-0.25, -0.2) is 0 Å². The van der Waals surface area contributed by atoms with Crippen molar-refractivity contribution in [3.63, 3.8) is 0 Å². The summed E-state index contributed by atoms with van der Waals surface area (Å²) in [5, 5.41) is 0.755. The van der Waals surface area contributed by atoms with Crippen LogP contribution in [0, 0.1) is 0 Å². The molecule has 0 spiro atoms. The average Bonchev–Trinajstić information content (AvgIpc) is 2.45. The van der Waals surface area contributed by atoms with E-state index in [1.807, 2.05) is 18.2 Å². The van der Waals surface area contributed by atoms with Gasteiger partial charge in [0.1, 0.15) is 5.75 Å². The SMILES string of the molecule is COc1ccc(C(Br)CCC2CCCCO2)c(Cl)c1. The first-order valence-corrected chi connectivity index (χ1v) is 8.09. The maximum atomic E-state index is 6.28. The van der Waals surface area contributed by atoms with Crippen molar-refractivity contribution < 1.29 is 9.47 Å². The highest BCUT2D eigenvalue weighted by molar-refractivity contribution is 9.09. The van der Waals surface area contributed by atoms with Gasteiger partial charge < -0.3 is 9.47 Å². The first kappa shape index (κ1) is 15.1. The third-order valence-corrected chi connectivity index (χ3v) is 4.84. The summed E-state index contributed by atoms with van der Waals surface area (Å²) in [6.45, 7) is 0.918. The van der Waals surface area contributed by atoms with Crippen LogP contribution in [0.1, 0.15) is 42.5 Å². The van der Waals surface area contributed by atoms with Gasteiger partial charge in [0.2, 0.25) is 0 Å². The van der Waals surface area contributed by atoms with Crippen LogP contribution in [0.4, 0.5) is 0 Å². The topological polar surface area (TPSA) is 18.5 Å². The molecule has 1 saturated heterocycles. The lowest BCUT2D eigenvalue weighted by atomic mass is 10.0. The average molecular weight is 348 g/mol. The van der Waals surface area contributed by atoms with Crippen molar-refractivity contribution in [3.8, 4) is 5.75 Å². The normalized spacial score (nSPS) is 21.1. The van der Waals surface area contributed by atoms with Crippen molar-refractivity contribution in [1.29, 1.82) is 0 Å². The van der Waals surface area contributed by atoms with E-state index >= 15 is 0 Å². The second kappa shape index (κ2) is 7.51. The van der Waals surface area contributed by atoms with Crippen molar-refractivity contribution in [1.82, 2.24) is 0 Å². The van der Waals surface area contributed by atoms with E-state index in [4.69, 9.17) is 21.1 Å². The molecule has 1 aliphatic rings. The number of hydrogen-bond donors (Lipinski definition) is 0. The number of halogens is 2. The Bertz CT molecular complexity index is 405. The Hall–Kier alpha value is -0.250. The van der Waals surface area contributed by atoms with Gasteiger partial charge in [0.15, 0.2) is 0 Å². The Morgan fingerprint density at radius 2 is 2.32 bits per heavy atom. The number of rotatable bonds is 5. The van der Waals surface area contributed by atoms with Crippen molar-refractivity contribution in [2.24, 2.45) is 0 Å². The molecule has 1 aromatic carbocycles. The van der Waals surface area contributed by atoms with Crippen LogP contribution in [-0.2, 0) is 4.74 Å². The molecule has 2 rings (SSSR count). The molecule has 1 fully saturated rings. The summed E-state index contributed by atoms with van der Waals surface area (Å²) in [5.41, 5.74) is 1.12. The molecule has 2 atom stereocenters. The fraction of sp³-hybridized carbons (Fsp3) is 0.600. The summed E-state index contributed by atoms with van der Waals surface area (Å²) in [6.07, 6.45) is 6.23. The van der Waals surface area contributed by atoms with Gasteiger partial charge in [-0.3, -0.25) is 0 Å². The fourth-order valence-electron chi connectivity index (χ4n) is 2.41. The predicted molar refractivity (Wildman–Crippen MR) is 82.5 cm³/mol. The summed E-state index contributed by atoms with van der Waals surface area (Å²) in [5.74, 6) is 0.795. The van der Waals surface area contributed by atoms with E-state index in [1.165, 1.54) is 19.3 Å². The Morgan fingerprint density at radius 1 is 1.47 bits per heavy atom. The molecular weight excluding hydrogens is 328 g/mol. The molecule has 0 bridgehead atoms. The number of alkyl halides is 1. The third-order valence-electron chi connectivity index (χ3n) is 3.56. The molecule has 0 radical (unpaired) electrons. The zero-order valence-corrected chi connectivity index (χ0v) is 13.5. The van der Waals surface area contributed by atoms with E-state index in [1.54, 1.807) is 7.11 Å². The minimum Gasteiger partial charge on any atom is -0.497 e. The molecular formula is C15H20BrClO2. The number of ether oxygens (including phenoxy) is 2. The Balaban J connectivity index is 1.89. The second-order valence-electron chi connectivity index (χ2n) is 4.92. The highest BCUT2D eigenvalue weighted by atomic mass is 79.9. The van der Waals surface area contributed by atoms with Gasteiger partial charge in [-0.15, -0.1) is 0 Å². The standard InChI is InChI=1S/C15H20BrClO2/c1-18-12-5-7-13(15(17)10-12)14(16)8-6-11-4-2-3-9-19-11/h5,7,10-11,14H,2-4,6,8-9H2,1H3. The van der Waals surface area contributed by atoms with Crippen LogP contribution in [0.5, 0.6) is 5.75 Å². The molecule has 0 amide bonds. The summed E-state index contributed by atoms with van der Waals surface area (Å²) in [6, 6.07) is 5.84. The summed E-state index contributed by atoms with van der Waals surface area (Å²) in [7, 11) is 1.65. The minimum absolute atomic E-state index is 0.274. The fourth-order valence-corrected chi connectivity index (χ4v) is 3.51. The maximum absolute atomic E-state index is 6.28. The van der Waals surface area contributed by atoms with E-state index in [9.17, 15) is 0 Å². The van der Waals surface area contributed by atoms with Crippen molar-refractivity contribution in [2.75, 3.05) is 13.7 Å². The highest BCUT2D eigenvalue weighted by Crippen LogP contribution is 2.36. The highest BCUT2D eigenvalue weighted by Gasteiger charge is 2.18. The first-order valence-electron chi connectivity index (χ1n) is 6.80. The van der Waals surface area contributed by atoms with E-state index in [0.29, 0.717) is 6.10 Å². The van der Waals surface area contributed by atoms with Crippen LogP contribution in [0.25, 0.3) is 0 Å². The van der Waals surface area contributed by atoms with Gasteiger partial charge in [0.25, 0.3) is 0 Å². The largest absolute Gasteiger partial charge is 0.497 e. The molecule has 0 saturated carbocycles. The molecule has 2 nitrogen and oxygen atoms in total. The zero-order chi connectivity index (χ0) is 13.7. The van der Waals surface area contributed by atoms with E-state index in [0.717, 1.165) is 35.8 Å². The van der Waals surface area contributed by atoms with E-state index < -0.39 is 0 Å². The van der Waals surface area contributed by atoms with Crippen LogP contribution in [-0.4, -0.2) is 19.8 Å². The molecule has 2 unspecified atom stereocenters. The Kier molecular flexibility index (Phi) is 5.99. The van der Waals surface area contributed by atoms with Crippen LogP contribution in [0.3, 0.4) is 0 Å². The van der Waals surface area contributed by atoms with Gasteiger partial charge in [-0.1, -0.05) is 33.6 Å². The Labute approximate surface area is 128 Å². The minimum atomic E-state index is 0.274. The molecule has 4 heteroatoms. The van der Waals surface area contributed by atoms with Crippen LogP contribution >= 0.6 is 27.5 Å².